The number of hydrogen-bond donors (Lipinski definition) is 1. The fraction of sp³-hybridized carbons (Fsp3) is 0.727. The number of fused-ring (bicyclic) bond motifs is 1. The summed E-state index contributed by atoms with van der Waals surface area (Å²) in [5, 5.41) is 8.07. The van der Waals surface area contributed by atoms with Crippen molar-refractivity contribution in [1.29, 1.82) is 0 Å². The second-order valence-corrected chi connectivity index (χ2v) is 4.34. The Balaban J connectivity index is 2.47. The highest BCUT2D eigenvalue weighted by atomic mass is 15.4. The van der Waals surface area contributed by atoms with E-state index in [2.05, 4.69) is 42.8 Å². The molecule has 78 valence electrons. The molecule has 0 aromatic carbocycles. The molecule has 3 heteroatoms. The van der Waals surface area contributed by atoms with E-state index in [1.54, 1.807) is 0 Å². The van der Waals surface area contributed by atoms with Crippen molar-refractivity contribution in [2.24, 2.45) is 5.92 Å². The summed E-state index contributed by atoms with van der Waals surface area (Å²) in [5.74, 6) is 1.90. The number of aromatic nitrogens is 2. The lowest BCUT2D eigenvalue weighted by Gasteiger charge is -2.31. The smallest absolute Gasteiger partial charge is 0.127 e. The van der Waals surface area contributed by atoms with Crippen molar-refractivity contribution in [3.8, 4) is 0 Å². The first kappa shape index (κ1) is 9.56. The molecule has 1 aromatic rings. The Bertz CT molecular complexity index is 341. The van der Waals surface area contributed by atoms with E-state index in [-0.39, 0.29) is 0 Å². The molecule has 1 N–H and O–H groups in total. The summed E-state index contributed by atoms with van der Waals surface area (Å²) >= 11 is 0. The molecule has 2 unspecified atom stereocenters. The molecule has 14 heavy (non-hydrogen) atoms. The standard InChI is InChI=1S/C11H19N3/c1-5-10-7(2)6-12-11-8(3)9(4)13-14(10)11/h7,10,12H,5-6H2,1-4H3. The number of hydrogen-bond acceptors (Lipinski definition) is 2. The van der Waals surface area contributed by atoms with E-state index in [0.717, 1.165) is 18.7 Å². The summed E-state index contributed by atoms with van der Waals surface area (Å²) in [5.41, 5.74) is 2.45. The number of aryl methyl sites for hydroxylation is 1. The molecular weight excluding hydrogens is 174 g/mol. The zero-order chi connectivity index (χ0) is 10.3. The minimum Gasteiger partial charge on any atom is -0.370 e. The fourth-order valence-electron chi connectivity index (χ4n) is 2.29. The van der Waals surface area contributed by atoms with Gasteiger partial charge in [0, 0.05) is 12.1 Å². The van der Waals surface area contributed by atoms with Gasteiger partial charge in [0.25, 0.3) is 0 Å². The first-order valence-electron chi connectivity index (χ1n) is 5.44. The van der Waals surface area contributed by atoms with Gasteiger partial charge in [-0.05, 0) is 26.2 Å². The zero-order valence-electron chi connectivity index (χ0n) is 9.46. The summed E-state index contributed by atoms with van der Waals surface area (Å²) in [4.78, 5) is 0. The van der Waals surface area contributed by atoms with Gasteiger partial charge in [0.2, 0.25) is 0 Å². The van der Waals surface area contributed by atoms with E-state index >= 15 is 0 Å². The van der Waals surface area contributed by atoms with Gasteiger partial charge in [-0.2, -0.15) is 5.10 Å². The Morgan fingerprint density at radius 3 is 2.86 bits per heavy atom. The predicted octanol–water partition coefficient (Wildman–Crippen LogP) is 2.51. The van der Waals surface area contributed by atoms with E-state index in [1.165, 1.54) is 11.4 Å². The second kappa shape index (κ2) is 3.30. The molecule has 3 nitrogen and oxygen atoms in total. The SMILES string of the molecule is CCC1C(C)CNc2c(C)c(C)nn21. The van der Waals surface area contributed by atoms with Gasteiger partial charge in [0.1, 0.15) is 5.82 Å². The summed E-state index contributed by atoms with van der Waals surface area (Å²) in [6.07, 6.45) is 1.16. The molecule has 0 saturated heterocycles. The highest BCUT2D eigenvalue weighted by Gasteiger charge is 2.27. The maximum absolute atomic E-state index is 4.61. The molecule has 0 bridgehead atoms. The maximum Gasteiger partial charge on any atom is 0.127 e. The molecule has 2 rings (SSSR count). The number of anilines is 1. The molecule has 1 aromatic heterocycles. The first-order valence-corrected chi connectivity index (χ1v) is 5.44. The highest BCUT2D eigenvalue weighted by molar-refractivity contribution is 5.48. The lowest BCUT2D eigenvalue weighted by Crippen LogP contribution is -2.31. The van der Waals surface area contributed by atoms with E-state index in [1.807, 2.05) is 0 Å². The van der Waals surface area contributed by atoms with Gasteiger partial charge in [0.15, 0.2) is 0 Å². The Hall–Kier alpha value is -0.990. The topological polar surface area (TPSA) is 29.9 Å². The van der Waals surface area contributed by atoms with Crippen molar-refractivity contribution >= 4 is 5.82 Å². The van der Waals surface area contributed by atoms with Gasteiger partial charge in [-0.25, -0.2) is 4.68 Å². The molecule has 1 aliphatic rings. The summed E-state index contributed by atoms with van der Waals surface area (Å²) < 4.78 is 2.18. The van der Waals surface area contributed by atoms with Crippen molar-refractivity contribution in [2.75, 3.05) is 11.9 Å². The normalized spacial score (nSPS) is 25.7. The van der Waals surface area contributed by atoms with Crippen molar-refractivity contribution < 1.29 is 0 Å². The van der Waals surface area contributed by atoms with E-state index in [0.29, 0.717) is 12.0 Å². The molecule has 0 fully saturated rings. The average molecular weight is 193 g/mol. The number of rotatable bonds is 1. The van der Waals surface area contributed by atoms with Crippen LogP contribution in [-0.2, 0) is 0 Å². The second-order valence-electron chi connectivity index (χ2n) is 4.34. The lowest BCUT2D eigenvalue weighted by atomic mass is 9.98. The molecule has 0 amide bonds. The lowest BCUT2D eigenvalue weighted by molar-refractivity contribution is 0.312. The monoisotopic (exact) mass is 193 g/mol. The third kappa shape index (κ3) is 1.22. The van der Waals surface area contributed by atoms with E-state index in [9.17, 15) is 0 Å². The van der Waals surface area contributed by atoms with Crippen molar-refractivity contribution in [3.63, 3.8) is 0 Å². The summed E-state index contributed by atoms with van der Waals surface area (Å²) in [6.45, 7) is 9.83. The van der Waals surface area contributed by atoms with Crippen LogP contribution in [0.4, 0.5) is 5.82 Å². The molecular formula is C11H19N3. The molecule has 0 aliphatic carbocycles. The van der Waals surface area contributed by atoms with Crippen LogP contribution in [0.2, 0.25) is 0 Å². The molecule has 0 saturated carbocycles. The molecule has 2 atom stereocenters. The highest BCUT2D eigenvalue weighted by Crippen LogP contribution is 2.32. The van der Waals surface area contributed by atoms with Gasteiger partial charge < -0.3 is 5.32 Å². The zero-order valence-corrected chi connectivity index (χ0v) is 9.46. The van der Waals surface area contributed by atoms with Crippen LogP contribution < -0.4 is 5.32 Å². The predicted molar refractivity (Wildman–Crippen MR) is 58.7 cm³/mol. The summed E-state index contributed by atoms with van der Waals surface area (Å²) in [7, 11) is 0. The molecule has 1 aliphatic heterocycles. The third-order valence-electron chi connectivity index (χ3n) is 3.37. The quantitative estimate of drug-likeness (QED) is 0.742. The minimum atomic E-state index is 0.568. The van der Waals surface area contributed by atoms with Gasteiger partial charge >= 0.3 is 0 Å². The van der Waals surface area contributed by atoms with Crippen LogP contribution in [-0.4, -0.2) is 16.3 Å². The van der Waals surface area contributed by atoms with Gasteiger partial charge in [-0.15, -0.1) is 0 Å². The maximum atomic E-state index is 4.61. The van der Waals surface area contributed by atoms with Crippen LogP contribution in [0, 0.1) is 19.8 Å². The fourth-order valence-corrected chi connectivity index (χ4v) is 2.29. The van der Waals surface area contributed by atoms with E-state index in [4.69, 9.17) is 0 Å². The Morgan fingerprint density at radius 2 is 2.21 bits per heavy atom. The Morgan fingerprint density at radius 1 is 1.50 bits per heavy atom. The van der Waals surface area contributed by atoms with Crippen molar-refractivity contribution in [2.45, 2.75) is 40.2 Å². The molecule has 0 spiro atoms. The first-order chi connectivity index (χ1) is 6.65. The van der Waals surface area contributed by atoms with Crippen LogP contribution in [0.25, 0.3) is 0 Å². The minimum absolute atomic E-state index is 0.568. The van der Waals surface area contributed by atoms with Crippen LogP contribution in [0.3, 0.4) is 0 Å². The van der Waals surface area contributed by atoms with Crippen molar-refractivity contribution in [3.05, 3.63) is 11.3 Å². The molecule has 2 heterocycles. The largest absolute Gasteiger partial charge is 0.370 e. The van der Waals surface area contributed by atoms with Crippen LogP contribution in [0.5, 0.6) is 0 Å². The van der Waals surface area contributed by atoms with Crippen molar-refractivity contribution in [1.82, 2.24) is 9.78 Å². The van der Waals surface area contributed by atoms with Gasteiger partial charge in [-0.3, -0.25) is 0 Å². The van der Waals surface area contributed by atoms with Gasteiger partial charge in [0.05, 0.1) is 11.7 Å². The van der Waals surface area contributed by atoms with Crippen LogP contribution >= 0.6 is 0 Å². The summed E-state index contributed by atoms with van der Waals surface area (Å²) in [6, 6.07) is 0.568. The average Bonchev–Trinajstić information content (AvgIpc) is 2.43. The van der Waals surface area contributed by atoms with E-state index < -0.39 is 0 Å². The number of nitrogens with zero attached hydrogens (tertiary/aromatic N) is 2. The van der Waals surface area contributed by atoms with Crippen LogP contribution in [0.1, 0.15) is 37.6 Å². The Labute approximate surface area is 85.5 Å². The Kier molecular flexibility index (Phi) is 2.25. The third-order valence-corrected chi connectivity index (χ3v) is 3.37. The molecule has 0 radical (unpaired) electrons. The number of nitrogens with one attached hydrogen (secondary N) is 1. The van der Waals surface area contributed by atoms with Crippen LogP contribution in [0.15, 0.2) is 0 Å². The van der Waals surface area contributed by atoms with Gasteiger partial charge in [-0.1, -0.05) is 13.8 Å².